The molecule has 45 heavy (non-hydrogen) atoms. The summed E-state index contributed by atoms with van der Waals surface area (Å²) in [6, 6.07) is 9.96. The number of benzene rings is 3. The van der Waals surface area contributed by atoms with E-state index in [0.29, 0.717) is 54.9 Å². The van der Waals surface area contributed by atoms with Crippen molar-refractivity contribution in [1.29, 1.82) is 0 Å². The van der Waals surface area contributed by atoms with Gasteiger partial charge in [0.15, 0.2) is 5.82 Å². The van der Waals surface area contributed by atoms with Crippen molar-refractivity contribution in [3.05, 3.63) is 53.6 Å². The van der Waals surface area contributed by atoms with Crippen LogP contribution in [0.4, 0.5) is 14.6 Å². The quantitative estimate of drug-likeness (QED) is 0.262. The van der Waals surface area contributed by atoms with Crippen molar-refractivity contribution < 1.29 is 23.7 Å². The van der Waals surface area contributed by atoms with Crippen molar-refractivity contribution in [3.8, 4) is 35.2 Å². The van der Waals surface area contributed by atoms with Crippen molar-refractivity contribution in [2.24, 2.45) is 5.41 Å². The van der Waals surface area contributed by atoms with Gasteiger partial charge in [0.05, 0.1) is 17.8 Å². The number of fused-ring (bicyclic) bond motifs is 4. The number of piperazine rings is 1. The summed E-state index contributed by atoms with van der Waals surface area (Å²) in [5.74, 6) is 1.28. The molecule has 0 spiro atoms. The predicted octanol–water partition coefficient (Wildman–Crippen LogP) is 4.58. The van der Waals surface area contributed by atoms with E-state index in [4.69, 9.17) is 16.1 Å². The van der Waals surface area contributed by atoms with E-state index in [1.807, 2.05) is 6.92 Å². The van der Waals surface area contributed by atoms with Gasteiger partial charge in [0.2, 0.25) is 0 Å². The summed E-state index contributed by atoms with van der Waals surface area (Å²) in [6.45, 7) is 5.58. The molecule has 3 saturated heterocycles. The minimum atomic E-state index is -0.862. The van der Waals surface area contributed by atoms with Gasteiger partial charge >= 0.3 is 6.01 Å². The van der Waals surface area contributed by atoms with E-state index in [9.17, 15) is 10.2 Å². The van der Waals surface area contributed by atoms with Crippen LogP contribution >= 0.6 is 0 Å². The molecule has 4 heterocycles. The van der Waals surface area contributed by atoms with Gasteiger partial charge in [-0.2, -0.15) is 9.97 Å². The fraction of sp³-hybridized carbons (Fsp3) is 0.429. The zero-order valence-corrected chi connectivity index (χ0v) is 25.1. The standard InChI is InChI=1S/C35H35F2N5O3/c1-3-20-5-4-6-21-11-24(43)12-25(28(20)21)29-27(36)13-26-31(30(29)37)39-33(40-32(26)42-14-22-7-8-23(15-42)38-22)45-19-35(9-10-35)18-41-16-34(2,44)17-41/h1,4-6,11-13,22-23,38,43-44H,7-10,14-19H2,2H3. The highest BCUT2D eigenvalue weighted by molar-refractivity contribution is 6.04. The Balaban J connectivity index is 1.23. The molecule has 3 aromatic carbocycles. The molecule has 1 saturated carbocycles. The number of nitrogens with zero attached hydrogens (tertiary/aromatic N) is 4. The van der Waals surface area contributed by atoms with Crippen LogP contribution in [0.1, 0.15) is 38.2 Å². The zero-order valence-electron chi connectivity index (χ0n) is 25.1. The summed E-state index contributed by atoms with van der Waals surface area (Å²) in [6.07, 6.45) is 9.83. The first kappa shape index (κ1) is 28.4. The van der Waals surface area contributed by atoms with E-state index < -0.39 is 17.2 Å². The van der Waals surface area contributed by atoms with Crippen molar-refractivity contribution in [2.45, 2.75) is 50.3 Å². The monoisotopic (exact) mass is 611 g/mol. The number of aromatic nitrogens is 2. The number of anilines is 1. The Kier molecular flexibility index (Phi) is 6.47. The van der Waals surface area contributed by atoms with Crippen LogP contribution in [0, 0.1) is 29.4 Å². The number of nitrogens with one attached hydrogen (secondary N) is 1. The lowest BCUT2D eigenvalue weighted by Crippen LogP contribution is -2.61. The molecule has 4 aromatic rings. The van der Waals surface area contributed by atoms with E-state index in [1.54, 1.807) is 18.2 Å². The number of terminal acetylenes is 1. The predicted molar refractivity (Wildman–Crippen MR) is 168 cm³/mol. The number of ether oxygens (including phenoxy) is 1. The number of phenols is 1. The SMILES string of the molecule is C#Cc1cccc2cc(O)cc(-c3c(F)cc4c(N5CC6CCC(C5)N6)nc(OCC5(CN6CC(C)(O)C6)CC5)nc4c3F)c12. The molecule has 0 radical (unpaired) electrons. The fourth-order valence-electron chi connectivity index (χ4n) is 7.66. The normalized spacial score (nSPS) is 23.2. The molecule has 8 nitrogen and oxygen atoms in total. The van der Waals surface area contributed by atoms with Gasteiger partial charge in [-0.05, 0) is 62.3 Å². The maximum Gasteiger partial charge on any atom is 0.319 e. The average molecular weight is 612 g/mol. The van der Waals surface area contributed by atoms with Gasteiger partial charge in [-0.1, -0.05) is 18.1 Å². The molecule has 10 heteroatoms. The number of rotatable bonds is 7. The maximum atomic E-state index is 16.8. The minimum absolute atomic E-state index is 0.0457. The lowest BCUT2D eigenvalue weighted by Gasteiger charge is -2.45. The molecule has 2 bridgehead atoms. The minimum Gasteiger partial charge on any atom is -0.508 e. The summed E-state index contributed by atoms with van der Waals surface area (Å²) in [5, 5.41) is 25.6. The molecule has 4 fully saturated rings. The molecule has 8 rings (SSSR count). The molecular weight excluding hydrogens is 576 g/mol. The third-order valence-electron chi connectivity index (χ3n) is 9.90. The molecule has 1 aliphatic carbocycles. The molecule has 232 valence electrons. The van der Waals surface area contributed by atoms with Crippen molar-refractivity contribution >= 4 is 27.5 Å². The highest BCUT2D eigenvalue weighted by Crippen LogP contribution is 2.48. The first-order valence-electron chi connectivity index (χ1n) is 15.6. The number of phenolic OH excluding ortho intramolecular Hbond substituents is 1. The summed E-state index contributed by atoms with van der Waals surface area (Å²) in [7, 11) is 0. The van der Waals surface area contributed by atoms with Gasteiger partial charge < -0.3 is 25.2 Å². The first-order valence-corrected chi connectivity index (χ1v) is 15.6. The maximum absolute atomic E-state index is 16.8. The van der Waals surface area contributed by atoms with Gasteiger partial charge in [0.25, 0.3) is 0 Å². The number of aromatic hydroxyl groups is 1. The van der Waals surface area contributed by atoms with Crippen LogP contribution in [-0.4, -0.2) is 82.1 Å². The Morgan fingerprint density at radius 1 is 1.11 bits per heavy atom. The lowest BCUT2D eigenvalue weighted by atomic mass is 9.93. The Morgan fingerprint density at radius 3 is 2.56 bits per heavy atom. The highest BCUT2D eigenvalue weighted by Gasteiger charge is 2.49. The second-order valence-electron chi connectivity index (χ2n) is 13.8. The van der Waals surface area contributed by atoms with Gasteiger partial charge in [0.1, 0.15) is 22.9 Å². The van der Waals surface area contributed by atoms with Crippen molar-refractivity contribution in [2.75, 3.05) is 44.2 Å². The Bertz CT molecular complexity index is 1880. The Morgan fingerprint density at radius 2 is 1.87 bits per heavy atom. The number of likely N-dealkylation sites (tertiary alicyclic amines) is 1. The van der Waals surface area contributed by atoms with Gasteiger partial charge in [0, 0.05) is 72.1 Å². The van der Waals surface area contributed by atoms with E-state index in [1.165, 1.54) is 18.2 Å². The second-order valence-corrected chi connectivity index (χ2v) is 13.8. The molecule has 2 unspecified atom stereocenters. The first-order chi connectivity index (χ1) is 21.6. The molecule has 0 amide bonds. The number of hydrogen-bond acceptors (Lipinski definition) is 8. The zero-order chi connectivity index (χ0) is 31.1. The number of β-amino-alcohol motifs (C(OH)–C–C–N with tert-alkyl or cyclic N) is 1. The molecule has 4 aliphatic rings. The Labute approximate surface area is 260 Å². The van der Waals surface area contributed by atoms with Crippen molar-refractivity contribution in [1.82, 2.24) is 20.2 Å². The molecule has 3 aliphatic heterocycles. The van der Waals surface area contributed by atoms with Gasteiger partial charge in [-0.25, -0.2) is 8.78 Å². The highest BCUT2D eigenvalue weighted by atomic mass is 19.1. The van der Waals surface area contributed by atoms with E-state index in [-0.39, 0.29) is 51.3 Å². The lowest BCUT2D eigenvalue weighted by molar-refractivity contribution is -0.0921. The second kappa shape index (κ2) is 10.2. The summed E-state index contributed by atoms with van der Waals surface area (Å²) in [5.41, 5.74) is -0.463. The molecule has 2 atom stereocenters. The average Bonchev–Trinajstić information content (AvgIpc) is 3.68. The summed E-state index contributed by atoms with van der Waals surface area (Å²) < 4.78 is 39.2. The van der Waals surface area contributed by atoms with Crippen LogP contribution in [-0.2, 0) is 0 Å². The van der Waals surface area contributed by atoms with Crippen molar-refractivity contribution in [3.63, 3.8) is 0 Å². The van der Waals surface area contributed by atoms with E-state index >= 15 is 8.78 Å². The van der Waals surface area contributed by atoms with Crippen LogP contribution in [0.3, 0.4) is 0 Å². The fourth-order valence-corrected chi connectivity index (χ4v) is 7.66. The number of halogens is 2. The largest absolute Gasteiger partial charge is 0.508 e. The van der Waals surface area contributed by atoms with Crippen LogP contribution in [0.15, 0.2) is 36.4 Å². The van der Waals surface area contributed by atoms with Crippen LogP contribution in [0.25, 0.3) is 32.8 Å². The molecule has 3 N–H and O–H groups in total. The van der Waals surface area contributed by atoms with Crippen LogP contribution in [0.5, 0.6) is 11.8 Å². The number of hydrogen-bond donors (Lipinski definition) is 3. The summed E-state index contributed by atoms with van der Waals surface area (Å²) in [4.78, 5) is 13.6. The van der Waals surface area contributed by atoms with Gasteiger partial charge in [-0.15, -0.1) is 6.42 Å². The van der Waals surface area contributed by atoms with E-state index in [0.717, 1.165) is 32.2 Å². The van der Waals surface area contributed by atoms with Gasteiger partial charge in [-0.3, -0.25) is 4.90 Å². The topological polar surface area (TPSA) is 94.0 Å². The third kappa shape index (κ3) is 5.03. The third-order valence-corrected chi connectivity index (χ3v) is 9.90. The Hall–Kier alpha value is -4.04. The molecule has 1 aromatic heterocycles. The number of aliphatic hydroxyl groups is 1. The van der Waals surface area contributed by atoms with Crippen LogP contribution in [0.2, 0.25) is 0 Å². The van der Waals surface area contributed by atoms with Crippen LogP contribution < -0.4 is 15.0 Å². The molecular formula is C35H35F2N5O3. The summed E-state index contributed by atoms with van der Waals surface area (Å²) >= 11 is 0. The smallest absolute Gasteiger partial charge is 0.319 e. The van der Waals surface area contributed by atoms with E-state index in [2.05, 4.69) is 26.0 Å².